The van der Waals surface area contributed by atoms with E-state index in [1.54, 1.807) is 6.20 Å². The van der Waals surface area contributed by atoms with E-state index in [4.69, 9.17) is 16.3 Å². The van der Waals surface area contributed by atoms with E-state index >= 15 is 0 Å². The maximum Gasteiger partial charge on any atom is 0.124 e. The molecule has 1 saturated heterocycles. The summed E-state index contributed by atoms with van der Waals surface area (Å²) in [5.41, 5.74) is 0. The molecule has 0 aromatic carbocycles. The summed E-state index contributed by atoms with van der Waals surface area (Å²) >= 11 is 7.24. The van der Waals surface area contributed by atoms with E-state index in [-0.39, 0.29) is 6.10 Å². The van der Waals surface area contributed by atoms with Crippen molar-refractivity contribution in [3.05, 3.63) is 15.5 Å². The first-order chi connectivity index (χ1) is 5.86. The number of nitrogens with zero attached hydrogens (tertiary/aromatic N) is 1. The SMILES string of the molecule is Clc1cnc(C2CNCCO2)s1. The van der Waals surface area contributed by atoms with Crippen molar-refractivity contribution in [1.29, 1.82) is 0 Å². The minimum Gasteiger partial charge on any atom is -0.368 e. The fraction of sp³-hybridized carbons (Fsp3) is 0.571. The van der Waals surface area contributed by atoms with Gasteiger partial charge in [0.25, 0.3) is 0 Å². The number of rotatable bonds is 1. The molecule has 2 rings (SSSR count). The van der Waals surface area contributed by atoms with Crippen molar-refractivity contribution in [3.8, 4) is 0 Å². The summed E-state index contributed by atoms with van der Waals surface area (Å²) < 4.78 is 6.23. The number of halogens is 1. The molecule has 1 aromatic heterocycles. The molecule has 2 heterocycles. The Morgan fingerprint density at radius 2 is 2.67 bits per heavy atom. The molecule has 5 heteroatoms. The lowest BCUT2D eigenvalue weighted by molar-refractivity contribution is 0.0275. The van der Waals surface area contributed by atoms with Crippen LogP contribution in [-0.2, 0) is 4.74 Å². The molecule has 12 heavy (non-hydrogen) atoms. The van der Waals surface area contributed by atoms with E-state index < -0.39 is 0 Å². The Labute approximate surface area is 79.7 Å². The minimum atomic E-state index is 0.0937. The highest BCUT2D eigenvalue weighted by Crippen LogP contribution is 2.26. The molecule has 66 valence electrons. The number of ether oxygens (including phenoxy) is 1. The van der Waals surface area contributed by atoms with Gasteiger partial charge in [0.15, 0.2) is 0 Å². The standard InChI is InChI=1S/C7H9ClN2OS/c8-6-4-10-7(12-6)5-3-9-1-2-11-5/h4-5,9H,1-3H2. The van der Waals surface area contributed by atoms with E-state index in [0.29, 0.717) is 0 Å². The number of hydrogen-bond donors (Lipinski definition) is 1. The van der Waals surface area contributed by atoms with Gasteiger partial charge in [-0.3, -0.25) is 0 Å². The Hall–Kier alpha value is -0.160. The van der Waals surface area contributed by atoms with Gasteiger partial charge in [0, 0.05) is 13.1 Å². The summed E-state index contributed by atoms with van der Waals surface area (Å²) in [7, 11) is 0. The summed E-state index contributed by atoms with van der Waals surface area (Å²) in [6.45, 7) is 2.52. The minimum absolute atomic E-state index is 0.0937. The van der Waals surface area contributed by atoms with Crippen LogP contribution in [0, 0.1) is 0 Å². The molecule has 3 nitrogen and oxygen atoms in total. The zero-order valence-corrected chi connectivity index (χ0v) is 7.99. The number of aromatic nitrogens is 1. The van der Waals surface area contributed by atoms with Crippen LogP contribution in [0.5, 0.6) is 0 Å². The molecule has 1 atom stereocenters. The molecule has 1 aliphatic heterocycles. The van der Waals surface area contributed by atoms with Crippen LogP contribution in [0.1, 0.15) is 11.1 Å². The quantitative estimate of drug-likeness (QED) is 0.752. The first kappa shape index (κ1) is 8.44. The van der Waals surface area contributed by atoms with Crippen molar-refractivity contribution >= 4 is 22.9 Å². The highest BCUT2D eigenvalue weighted by molar-refractivity contribution is 7.15. The molecule has 0 saturated carbocycles. The molecule has 0 amide bonds. The molecule has 0 radical (unpaired) electrons. The molecular formula is C7H9ClN2OS. The van der Waals surface area contributed by atoms with E-state index in [9.17, 15) is 0 Å². The van der Waals surface area contributed by atoms with Gasteiger partial charge in [-0.2, -0.15) is 0 Å². The normalized spacial score (nSPS) is 24.2. The van der Waals surface area contributed by atoms with E-state index in [2.05, 4.69) is 10.3 Å². The average Bonchev–Trinajstić information content (AvgIpc) is 2.54. The molecular weight excluding hydrogens is 196 g/mol. The monoisotopic (exact) mass is 204 g/mol. The Morgan fingerprint density at radius 3 is 3.25 bits per heavy atom. The lowest BCUT2D eigenvalue weighted by atomic mass is 10.3. The molecule has 1 aromatic rings. The first-order valence-electron chi connectivity index (χ1n) is 3.80. The zero-order valence-electron chi connectivity index (χ0n) is 6.42. The van der Waals surface area contributed by atoms with Gasteiger partial charge in [0.1, 0.15) is 15.4 Å². The van der Waals surface area contributed by atoms with Crippen molar-refractivity contribution in [2.75, 3.05) is 19.7 Å². The maximum atomic E-state index is 5.76. The second-order valence-corrected chi connectivity index (χ2v) is 4.26. The molecule has 0 spiro atoms. The summed E-state index contributed by atoms with van der Waals surface area (Å²) in [6, 6.07) is 0. The van der Waals surface area contributed by atoms with Gasteiger partial charge in [-0.05, 0) is 0 Å². The van der Waals surface area contributed by atoms with E-state index in [0.717, 1.165) is 29.0 Å². The summed E-state index contributed by atoms with van der Waals surface area (Å²) in [5.74, 6) is 0. The maximum absolute atomic E-state index is 5.76. The van der Waals surface area contributed by atoms with Crippen molar-refractivity contribution in [2.24, 2.45) is 0 Å². The third kappa shape index (κ3) is 1.77. The topological polar surface area (TPSA) is 34.2 Å². The third-order valence-corrected chi connectivity index (χ3v) is 2.91. The second-order valence-electron chi connectivity index (χ2n) is 2.57. The summed E-state index contributed by atoms with van der Waals surface area (Å²) in [4.78, 5) is 4.16. The van der Waals surface area contributed by atoms with Crippen LogP contribution in [0.15, 0.2) is 6.20 Å². The lowest BCUT2D eigenvalue weighted by Gasteiger charge is -2.21. The second kappa shape index (κ2) is 3.70. The van der Waals surface area contributed by atoms with Crippen LogP contribution in [0.4, 0.5) is 0 Å². The Kier molecular flexibility index (Phi) is 2.60. The molecule has 1 fully saturated rings. The van der Waals surface area contributed by atoms with Crippen molar-refractivity contribution in [2.45, 2.75) is 6.10 Å². The molecule has 0 bridgehead atoms. The van der Waals surface area contributed by atoms with Crippen LogP contribution < -0.4 is 5.32 Å². The van der Waals surface area contributed by atoms with Gasteiger partial charge >= 0.3 is 0 Å². The molecule has 0 aliphatic carbocycles. The van der Waals surface area contributed by atoms with Gasteiger partial charge in [0.05, 0.1) is 12.8 Å². The van der Waals surface area contributed by atoms with Crippen LogP contribution in [0.25, 0.3) is 0 Å². The largest absolute Gasteiger partial charge is 0.368 e. The smallest absolute Gasteiger partial charge is 0.124 e. The molecule has 1 N–H and O–H groups in total. The first-order valence-corrected chi connectivity index (χ1v) is 4.99. The van der Waals surface area contributed by atoms with Crippen LogP contribution >= 0.6 is 22.9 Å². The van der Waals surface area contributed by atoms with Crippen LogP contribution in [-0.4, -0.2) is 24.7 Å². The summed E-state index contributed by atoms with van der Waals surface area (Å²) in [6.07, 6.45) is 1.76. The molecule has 1 unspecified atom stereocenters. The fourth-order valence-corrected chi connectivity index (χ4v) is 2.12. The van der Waals surface area contributed by atoms with Crippen molar-refractivity contribution in [1.82, 2.24) is 10.3 Å². The third-order valence-electron chi connectivity index (χ3n) is 1.70. The van der Waals surface area contributed by atoms with Crippen molar-refractivity contribution in [3.63, 3.8) is 0 Å². The van der Waals surface area contributed by atoms with Gasteiger partial charge in [-0.1, -0.05) is 11.6 Å². The molecule has 1 aliphatic rings. The average molecular weight is 205 g/mol. The van der Waals surface area contributed by atoms with Crippen LogP contribution in [0.2, 0.25) is 4.34 Å². The van der Waals surface area contributed by atoms with Gasteiger partial charge in [-0.25, -0.2) is 4.98 Å². The van der Waals surface area contributed by atoms with E-state index in [1.807, 2.05) is 0 Å². The van der Waals surface area contributed by atoms with Gasteiger partial charge < -0.3 is 10.1 Å². The lowest BCUT2D eigenvalue weighted by Crippen LogP contribution is -2.33. The number of hydrogen-bond acceptors (Lipinski definition) is 4. The zero-order chi connectivity index (χ0) is 8.39. The Morgan fingerprint density at radius 1 is 1.75 bits per heavy atom. The van der Waals surface area contributed by atoms with E-state index in [1.165, 1.54) is 11.3 Å². The van der Waals surface area contributed by atoms with Crippen molar-refractivity contribution < 1.29 is 4.74 Å². The van der Waals surface area contributed by atoms with Crippen LogP contribution in [0.3, 0.4) is 0 Å². The number of morpholine rings is 1. The van der Waals surface area contributed by atoms with Gasteiger partial charge in [-0.15, -0.1) is 11.3 Å². The highest BCUT2D eigenvalue weighted by atomic mass is 35.5. The van der Waals surface area contributed by atoms with Gasteiger partial charge in [0.2, 0.25) is 0 Å². The predicted molar refractivity (Wildman–Crippen MR) is 48.7 cm³/mol. The highest BCUT2D eigenvalue weighted by Gasteiger charge is 2.18. The Balaban J connectivity index is 2.08. The predicted octanol–water partition coefficient (Wildman–Crippen LogP) is 1.46. The fourth-order valence-electron chi connectivity index (χ4n) is 1.14. The Bertz CT molecular complexity index is 260. The summed E-state index contributed by atoms with van der Waals surface area (Å²) in [5, 5.41) is 4.21. The number of thiazole rings is 1. The number of nitrogens with one attached hydrogen (secondary N) is 1.